The first-order valence-corrected chi connectivity index (χ1v) is 9.98. The Kier molecular flexibility index (Phi) is 12.4. The minimum atomic E-state index is -0.901. The van der Waals surface area contributed by atoms with E-state index in [1.165, 1.54) is 12.2 Å². The molecule has 28 heavy (non-hydrogen) atoms. The van der Waals surface area contributed by atoms with Gasteiger partial charge in [-0.2, -0.15) is 0 Å². The molecular weight excluding hydrogens is 360 g/mol. The van der Waals surface area contributed by atoms with Crippen LogP contribution in [0, 0.1) is 0 Å². The molecule has 1 rings (SSSR count). The Morgan fingerprint density at radius 3 is 2.57 bits per heavy atom. The number of aliphatic hydroxyl groups excluding tert-OH is 3. The SMILES string of the molecule is CC/C=C\C/C=C\C[C@H]1O[C@H]([C@H](O)/C=C/[C@@H](O)C/C=C\CCC(=O)O)C[C@H]1O. The molecule has 6 nitrogen and oxygen atoms in total. The second kappa shape index (κ2) is 14.3. The highest BCUT2D eigenvalue weighted by Crippen LogP contribution is 2.26. The first kappa shape index (κ1) is 24.3. The lowest BCUT2D eigenvalue weighted by Gasteiger charge is -2.16. The lowest BCUT2D eigenvalue weighted by Crippen LogP contribution is -2.24. The third kappa shape index (κ3) is 10.6. The van der Waals surface area contributed by atoms with Gasteiger partial charge in [0.15, 0.2) is 0 Å². The maximum atomic E-state index is 10.4. The zero-order valence-corrected chi connectivity index (χ0v) is 16.6. The lowest BCUT2D eigenvalue weighted by atomic mass is 10.0. The summed E-state index contributed by atoms with van der Waals surface area (Å²) in [5.74, 6) is -0.853. The van der Waals surface area contributed by atoms with Crippen molar-refractivity contribution in [2.75, 3.05) is 0 Å². The molecule has 1 fully saturated rings. The number of ether oxygens (including phenoxy) is 1. The number of allylic oxidation sites excluding steroid dienone is 4. The summed E-state index contributed by atoms with van der Waals surface area (Å²) in [4.78, 5) is 10.4. The molecule has 0 unspecified atom stereocenters. The molecule has 4 N–H and O–H groups in total. The molecule has 158 valence electrons. The van der Waals surface area contributed by atoms with Crippen molar-refractivity contribution in [3.8, 4) is 0 Å². The summed E-state index contributed by atoms with van der Waals surface area (Å²) >= 11 is 0. The van der Waals surface area contributed by atoms with Gasteiger partial charge in [0, 0.05) is 12.8 Å². The smallest absolute Gasteiger partial charge is 0.303 e. The summed E-state index contributed by atoms with van der Waals surface area (Å²) in [6.07, 6.45) is 15.2. The molecule has 0 bridgehead atoms. The van der Waals surface area contributed by atoms with Gasteiger partial charge >= 0.3 is 5.97 Å². The van der Waals surface area contributed by atoms with Gasteiger partial charge in [-0.15, -0.1) is 0 Å². The molecule has 0 amide bonds. The van der Waals surface area contributed by atoms with E-state index in [9.17, 15) is 20.1 Å². The van der Waals surface area contributed by atoms with Crippen LogP contribution in [-0.2, 0) is 9.53 Å². The number of hydrogen-bond acceptors (Lipinski definition) is 5. The normalized spacial score (nSPS) is 25.5. The molecule has 1 aliphatic rings. The fraction of sp³-hybridized carbons (Fsp3) is 0.591. The van der Waals surface area contributed by atoms with Gasteiger partial charge in [-0.05, 0) is 32.1 Å². The van der Waals surface area contributed by atoms with E-state index in [4.69, 9.17) is 9.84 Å². The van der Waals surface area contributed by atoms with Gasteiger partial charge in [-0.1, -0.05) is 55.5 Å². The van der Waals surface area contributed by atoms with E-state index in [2.05, 4.69) is 19.1 Å². The van der Waals surface area contributed by atoms with Crippen LogP contribution in [0.4, 0.5) is 0 Å². The zero-order chi connectivity index (χ0) is 20.8. The summed E-state index contributed by atoms with van der Waals surface area (Å²) in [7, 11) is 0. The fourth-order valence-electron chi connectivity index (χ4n) is 2.87. The molecule has 0 aliphatic carbocycles. The van der Waals surface area contributed by atoms with Crippen molar-refractivity contribution in [2.24, 2.45) is 0 Å². The number of rotatable bonds is 13. The van der Waals surface area contributed by atoms with Crippen LogP contribution in [0.15, 0.2) is 48.6 Å². The third-order valence-electron chi connectivity index (χ3n) is 4.44. The minimum Gasteiger partial charge on any atom is -0.481 e. The number of aliphatic carboxylic acids is 1. The van der Waals surface area contributed by atoms with Gasteiger partial charge in [0.1, 0.15) is 0 Å². The summed E-state index contributed by atoms with van der Waals surface area (Å²) in [6.45, 7) is 2.08. The molecule has 0 spiro atoms. The molecule has 1 saturated heterocycles. The molecule has 0 aromatic rings. The van der Waals surface area contributed by atoms with Crippen molar-refractivity contribution in [2.45, 2.75) is 82.4 Å². The van der Waals surface area contributed by atoms with Crippen molar-refractivity contribution in [3.63, 3.8) is 0 Å². The molecule has 6 heteroatoms. The number of aliphatic hydroxyl groups is 3. The van der Waals surface area contributed by atoms with Crippen LogP contribution in [0.5, 0.6) is 0 Å². The van der Waals surface area contributed by atoms with Crippen LogP contribution in [-0.4, -0.2) is 56.9 Å². The highest BCUT2D eigenvalue weighted by molar-refractivity contribution is 5.66. The Balaban J connectivity index is 2.33. The lowest BCUT2D eigenvalue weighted by molar-refractivity contribution is -0.136. The third-order valence-corrected chi connectivity index (χ3v) is 4.44. The largest absolute Gasteiger partial charge is 0.481 e. The standard InChI is InChI=1S/C22H34O6/c1-2-3-4-5-6-9-12-20-19(25)16-21(28-20)18(24)15-14-17(23)11-8-7-10-13-22(26)27/h3-4,6-9,14-15,17-21,23-25H,2,5,10-13,16H2,1H3,(H,26,27)/b4-3-,8-7-,9-6-,15-14+/t17-,18+,19+,20+,21-/m0/s1. The van der Waals surface area contributed by atoms with Gasteiger partial charge in [0.25, 0.3) is 0 Å². The van der Waals surface area contributed by atoms with Crippen LogP contribution in [0.3, 0.4) is 0 Å². The van der Waals surface area contributed by atoms with E-state index in [0.29, 0.717) is 25.7 Å². The van der Waals surface area contributed by atoms with Crippen molar-refractivity contribution in [1.82, 2.24) is 0 Å². The summed E-state index contributed by atoms with van der Waals surface area (Å²) in [5, 5.41) is 38.8. The van der Waals surface area contributed by atoms with Crippen molar-refractivity contribution < 1.29 is 30.0 Å². The zero-order valence-electron chi connectivity index (χ0n) is 16.6. The highest BCUT2D eigenvalue weighted by Gasteiger charge is 2.36. The molecule has 0 saturated carbocycles. The average Bonchev–Trinajstić information content (AvgIpc) is 3.03. The average molecular weight is 395 g/mol. The van der Waals surface area contributed by atoms with E-state index in [1.807, 2.05) is 12.2 Å². The molecule has 0 aromatic heterocycles. The molecular formula is C22H34O6. The van der Waals surface area contributed by atoms with Crippen molar-refractivity contribution in [3.05, 3.63) is 48.6 Å². The summed E-state index contributed by atoms with van der Waals surface area (Å²) in [5.41, 5.74) is 0. The number of carboxylic acid groups (broad SMARTS) is 1. The Morgan fingerprint density at radius 2 is 1.86 bits per heavy atom. The Labute approximate surface area is 167 Å². The first-order valence-electron chi connectivity index (χ1n) is 9.98. The predicted octanol–water partition coefficient (Wildman–Crippen LogP) is 2.90. The summed E-state index contributed by atoms with van der Waals surface area (Å²) < 4.78 is 5.76. The van der Waals surface area contributed by atoms with Crippen LogP contribution < -0.4 is 0 Å². The Bertz CT molecular complexity index is 551. The molecule has 0 radical (unpaired) electrons. The number of carbonyl (C=O) groups is 1. The number of carboxylic acids is 1. The van der Waals surface area contributed by atoms with Gasteiger partial charge in [-0.3, -0.25) is 4.79 Å². The van der Waals surface area contributed by atoms with Gasteiger partial charge in [-0.25, -0.2) is 0 Å². The Morgan fingerprint density at radius 1 is 1.11 bits per heavy atom. The second-order valence-corrected chi connectivity index (χ2v) is 6.92. The highest BCUT2D eigenvalue weighted by atomic mass is 16.5. The Hall–Kier alpha value is -1.73. The fourth-order valence-corrected chi connectivity index (χ4v) is 2.87. The molecule has 1 heterocycles. The van der Waals surface area contributed by atoms with E-state index in [-0.39, 0.29) is 12.5 Å². The minimum absolute atomic E-state index is 0.0638. The second-order valence-electron chi connectivity index (χ2n) is 6.92. The van der Waals surface area contributed by atoms with E-state index in [0.717, 1.165) is 12.8 Å². The maximum absolute atomic E-state index is 10.4. The maximum Gasteiger partial charge on any atom is 0.303 e. The van der Waals surface area contributed by atoms with E-state index in [1.54, 1.807) is 12.2 Å². The van der Waals surface area contributed by atoms with Crippen LogP contribution in [0.1, 0.15) is 51.9 Å². The topological polar surface area (TPSA) is 107 Å². The van der Waals surface area contributed by atoms with Crippen LogP contribution in [0.2, 0.25) is 0 Å². The number of hydrogen-bond donors (Lipinski definition) is 4. The summed E-state index contributed by atoms with van der Waals surface area (Å²) in [6, 6.07) is 0. The van der Waals surface area contributed by atoms with Gasteiger partial charge < -0.3 is 25.2 Å². The monoisotopic (exact) mass is 394 g/mol. The van der Waals surface area contributed by atoms with Crippen molar-refractivity contribution in [1.29, 1.82) is 0 Å². The molecule has 5 atom stereocenters. The van der Waals surface area contributed by atoms with Crippen LogP contribution in [0.25, 0.3) is 0 Å². The van der Waals surface area contributed by atoms with E-state index < -0.39 is 30.4 Å². The van der Waals surface area contributed by atoms with E-state index >= 15 is 0 Å². The first-order chi connectivity index (χ1) is 13.4. The molecule has 1 aliphatic heterocycles. The van der Waals surface area contributed by atoms with Gasteiger partial charge in [0.05, 0.1) is 30.5 Å². The molecule has 0 aromatic carbocycles. The predicted molar refractivity (Wildman–Crippen MR) is 109 cm³/mol. The van der Waals surface area contributed by atoms with Crippen LogP contribution >= 0.6 is 0 Å². The quantitative estimate of drug-likeness (QED) is 0.358. The van der Waals surface area contributed by atoms with Gasteiger partial charge in [0.2, 0.25) is 0 Å². The van der Waals surface area contributed by atoms with Crippen molar-refractivity contribution >= 4 is 5.97 Å².